The SMILES string of the molecule is O=P(c1ccccc1)(c1ccccc1)c1ccc(C2(c3ccc4c(c3)c3ccccc3n4-c3ccccc3)c3ccccc3-c3ccccc32)cc1. The number of hydrogen-bond acceptors (Lipinski definition) is 1. The summed E-state index contributed by atoms with van der Waals surface area (Å²) in [4.78, 5) is 0. The second kappa shape index (κ2) is 11.9. The predicted molar refractivity (Wildman–Crippen MR) is 217 cm³/mol. The van der Waals surface area contributed by atoms with Crippen LogP contribution in [0.3, 0.4) is 0 Å². The predicted octanol–water partition coefficient (Wildman–Crippen LogP) is 10.8. The van der Waals surface area contributed by atoms with Crippen LogP contribution in [-0.4, -0.2) is 4.57 Å². The van der Waals surface area contributed by atoms with Gasteiger partial charge in [-0.2, -0.15) is 0 Å². The number of nitrogens with zero attached hydrogens (tertiary/aromatic N) is 1. The standard InChI is InChI=1S/C49H34NOP/c51-52(38-18-6-2-7-19-38,39-20-8-3-9-21-39)40-31-28-35(29-32-40)49(45-25-13-10-22-41(45)42-23-11-14-26-46(42)49)36-30-33-48-44(34-36)43-24-12-15-27-47(43)50(48)37-16-4-1-5-17-37/h1-34H. The van der Waals surface area contributed by atoms with E-state index in [0.29, 0.717) is 0 Å². The molecule has 8 aromatic carbocycles. The Morgan fingerprint density at radius 1 is 0.385 bits per heavy atom. The summed E-state index contributed by atoms with van der Waals surface area (Å²) in [5.74, 6) is 0. The van der Waals surface area contributed by atoms with Crippen molar-refractivity contribution in [3.8, 4) is 16.8 Å². The van der Waals surface area contributed by atoms with Gasteiger partial charge in [-0.3, -0.25) is 0 Å². The Morgan fingerprint density at radius 2 is 0.846 bits per heavy atom. The van der Waals surface area contributed by atoms with Crippen molar-refractivity contribution in [1.29, 1.82) is 0 Å². The first-order valence-corrected chi connectivity index (χ1v) is 19.5. The van der Waals surface area contributed by atoms with Crippen molar-refractivity contribution in [2.24, 2.45) is 0 Å². The molecule has 0 aliphatic heterocycles. The summed E-state index contributed by atoms with van der Waals surface area (Å²) in [6.07, 6.45) is 0. The molecule has 0 fully saturated rings. The molecule has 3 heteroatoms. The molecule has 10 rings (SSSR count). The van der Waals surface area contributed by atoms with Crippen LogP contribution in [0, 0.1) is 0 Å². The van der Waals surface area contributed by atoms with E-state index in [9.17, 15) is 0 Å². The molecule has 52 heavy (non-hydrogen) atoms. The summed E-state index contributed by atoms with van der Waals surface area (Å²) in [5.41, 5.74) is 10.2. The number of benzene rings is 8. The van der Waals surface area contributed by atoms with Crippen LogP contribution in [0.4, 0.5) is 0 Å². The van der Waals surface area contributed by atoms with Crippen LogP contribution in [0.25, 0.3) is 38.6 Å². The molecule has 0 bridgehead atoms. The number of para-hydroxylation sites is 2. The fourth-order valence-electron chi connectivity index (χ4n) is 8.73. The molecule has 0 unspecified atom stereocenters. The van der Waals surface area contributed by atoms with E-state index >= 15 is 4.57 Å². The Kier molecular flexibility index (Phi) is 7.03. The fraction of sp³-hybridized carbons (Fsp3) is 0.0204. The van der Waals surface area contributed by atoms with Crippen LogP contribution >= 0.6 is 7.14 Å². The van der Waals surface area contributed by atoms with Gasteiger partial charge in [-0.25, -0.2) is 0 Å². The molecule has 0 saturated carbocycles. The van der Waals surface area contributed by atoms with E-state index in [-0.39, 0.29) is 0 Å². The molecule has 1 heterocycles. The third kappa shape index (κ3) is 4.35. The quantitative estimate of drug-likeness (QED) is 0.160. The summed E-state index contributed by atoms with van der Waals surface area (Å²) in [6.45, 7) is 0. The van der Waals surface area contributed by atoms with Gasteiger partial charge in [-0.05, 0) is 63.7 Å². The van der Waals surface area contributed by atoms with E-state index < -0.39 is 12.6 Å². The monoisotopic (exact) mass is 683 g/mol. The lowest BCUT2D eigenvalue weighted by Gasteiger charge is -2.34. The summed E-state index contributed by atoms with van der Waals surface area (Å²) in [5, 5.41) is 4.93. The van der Waals surface area contributed by atoms with Crippen LogP contribution in [0.2, 0.25) is 0 Å². The van der Waals surface area contributed by atoms with Gasteiger partial charge in [0.1, 0.15) is 0 Å². The van der Waals surface area contributed by atoms with Crippen molar-refractivity contribution in [1.82, 2.24) is 4.57 Å². The maximum Gasteiger partial charge on any atom is 0.171 e. The van der Waals surface area contributed by atoms with Gasteiger partial charge in [0.15, 0.2) is 7.14 Å². The molecule has 2 nitrogen and oxygen atoms in total. The van der Waals surface area contributed by atoms with E-state index in [2.05, 4.69) is 150 Å². The Labute approximate surface area is 303 Å². The molecule has 0 atom stereocenters. The number of hydrogen-bond donors (Lipinski definition) is 0. The Morgan fingerprint density at radius 3 is 1.46 bits per heavy atom. The van der Waals surface area contributed by atoms with Crippen LogP contribution in [-0.2, 0) is 9.98 Å². The molecular weight excluding hydrogens is 650 g/mol. The lowest BCUT2D eigenvalue weighted by atomic mass is 9.67. The van der Waals surface area contributed by atoms with Gasteiger partial charge >= 0.3 is 0 Å². The summed E-state index contributed by atoms with van der Waals surface area (Å²) < 4.78 is 17.8. The second-order valence-corrected chi connectivity index (χ2v) is 16.4. The van der Waals surface area contributed by atoms with Crippen molar-refractivity contribution in [2.45, 2.75) is 5.41 Å². The highest BCUT2D eigenvalue weighted by atomic mass is 31.2. The summed E-state index contributed by atoms with van der Waals surface area (Å²) in [7, 11) is -3.14. The molecule has 0 saturated heterocycles. The molecule has 0 amide bonds. The highest BCUT2D eigenvalue weighted by Crippen LogP contribution is 2.56. The zero-order valence-corrected chi connectivity index (χ0v) is 29.3. The van der Waals surface area contributed by atoms with Crippen LogP contribution in [0.5, 0.6) is 0 Å². The number of aromatic nitrogens is 1. The Bertz CT molecular complexity index is 2710. The average molecular weight is 684 g/mol. The van der Waals surface area contributed by atoms with E-state index in [4.69, 9.17) is 0 Å². The number of fused-ring (bicyclic) bond motifs is 6. The molecule has 1 aliphatic carbocycles. The van der Waals surface area contributed by atoms with Crippen LogP contribution in [0.1, 0.15) is 22.3 Å². The van der Waals surface area contributed by atoms with Crippen molar-refractivity contribution < 1.29 is 4.57 Å². The van der Waals surface area contributed by atoms with Crippen LogP contribution in [0.15, 0.2) is 206 Å². The first kappa shape index (κ1) is 30.6. The average Bonchev–Trinajstić information content (AvgIpc) is 3.72. The van der Waals surface area contributed by atoms with E-state index in [1.54, 1.807) is 0 Å². The highest BCUT2D eigenvalue weighted by Gasteiger charge is 2.46. The zero-order valence-electron chi connectivity index (χ0n) is 28.4. The van der Waals surface area contributed by atoms with Gasteiger partial charge in [-0.15, -0.1) is 0 Å². The first-order valence-electron chi connectivity index (χ1n) is 17.8. The van der Waals surface area contributed by atoms with Gasteiger partial charge < -0.3 is 9.13 Å². The molecule has 1 aliphatic rings. The molecule has 0 N–H and O–H groups in total. The maximum atomic E-state index is 15.4. The van der Waals surface area contributed by atoms with Gasteiger partial charge in [-0.1, -0.05) is 176 Å². The third-order valence-electron chi connectivity index (χ3n) is 11.0. The molecular formula is C49H34NOP. The minimum absolute atomic E-state index is 0.598. The molecule has 1 aromatic heterocycles. The topological polar surface area (TPSA) is 22.0 Å². The van der Waals surface area contributed by atoms with Crippen molar-refractivity contribution in [3.05, 3.63) is 229 Å². The Hall–Kier alpha value is -6.21. The molecule has 0 spiro atoms. The Balaban J connectivity index is 1.25. The van der Waals surface area contributed by atoms with Crippen LogP contribution < -0.4 is 15.9 Å². The minimum Gasteiger partial charge on any atom is -0.309 e. The fourth-order valence-corrected chi connectivity index (χ4v) is 11.4. The maximum absolute atomic E-state index is 15.4. The van der Waals surface area contributed by atoms with Gasteiger partial charge in [0.25, 0.3) is 0 Å². The first-order chi connectivity index (χ1) is 25.7. The minimum atomic E-state index is -3.14. The third-order valence-corrected chi connectivity index (χ3v) is 14.1. The lowest BCUT2D eigenvalue weighted by molar-refractivity contribution is 0.592. The van der Waals surface area contributed by atoms with Crippen molar-refractivity contribution in [3.63, 3.8) is 0 Å². The summed E-state index contributed by atoms with van der Waals surface area (Å²) in [6, 6.07) is 72.6. The van der Waals surface area contributed by atoms with Crippen molar-refractivity contribution in [2.75, 3.05) is 0 Å². The van der Waals surface area contributed by atoms with Gasteiger partial charge in [0.05, 0.1) is 16.4 Å². The lowest BCUT2D eigenvalue weighted by Crippen LogP contribution is -2.30. The van der Waals surface area contributed by atoms with Crippen molar-refractivity contribution >= 4 is 44.9 Å². The van der Waals surface area contributed by atoms with E-state index in [1.807, 2.05) is 60.7 Å². The second-order valence-electron chi connectivity index (χ2n) is 13.6. The molecule has 246 valence electrons. The highest BCUT2D eigenvalue weighted by molar-refractivity contribution is 7.85. The zero-order chi connectivity index (χ0) is 34.7. The van der Waals surface area contributed by atoms with E-state index in [0.717, 1.165) is 27.2 Å². The number of rotatable bonds is 6. The summed E-state index contributed by atoms with van der Waals surface area (Å²) >= 11 is 0. The van der Waals surface area contributed by atoms with Gasteiger partial charge in [0, 0.05) is 32.4 Å². The smallest absolute Gasteiger partial charge is 0.171 e. The van der Waals surface area contributed by atoms with E-state index in [1.165, 1.54) is 49.6 Å². The normalized spacial score (nSPS) is 13.2. The van der Waals surface area contributed by atoms with Gasteiger partial charge in [0.2, 0.25) is 0 Å². The largest absolute Gasteiger partial charge is 0.309 e. The molecule has 0 radical (unpaired) electrons. The molecule has 9 aromatic rings.